The van der Waals surface area contributed by atoms with Crippen molar-refractivity contribution >= 4 is 22.4 Å². The summed E-state index contributed by atoms with van der Waals surface area (Å²) >= 11 is 1.55. The van der Waals surface area contributed by atoms with E-state index in [1.807, 2.05) is 26.2 Å². The second kappa shape index (κ2) is 7.75. The highest BCUT2D eigenvalue weighted by Crippen LogP contribution is 2.30. The van der Waals surface area contributed by atoms with Crippen LogP contribution in [0.3, 0.4) is 0 Å². The number of nitrogens with zero attached hydrogens (tertiary/aromatic N) is 2. The Morgan fingerprint density at radius 1 is 1.48 bits per heavy atom. The number of ether oxygens (including phenoxy) is 2. The molecule has 0 amide bonds. The molecule has 0 bridgehead atoms. The molecule has 1 heterocycles. The molecular formula is C15H26N2O3S. The highest BCUT2D eigenvalue weighted by molar-refractivity contribution is 7.13. The number of carbonyl (C=O) groups is 1. The van der Waals surface area contributed by atoms with Crippen LogP contribution in [-0.4, -0.2) is 43.9 Å². The minimum absolute atomic E-state index is 0.240. The van der Waals surface area contributed by atoms with Crippen LogP contribution < -0.4 is 4.90 Å². The van der Waals surface area contributed by atoms with Gasteiger partial charge in [-0.05, 0) is 34.6 Å². The minimum atomic E-state index is -0.728. The van der Waals surface area contributed by atoms with Crippen LogP contribution in [0.2, 0.25) is 0 Å². The van der Waals surface area contributed by atoms with Crippen molar-refractivity contribution in [2.75, 3.05) is 31.8 Å². The molecule has 0 N–H and O–H groups in total. The lowest BCUT2D eigenvalue weighted by atomic mass is 9.90. The molecule has 0 spiro atoms. The van der Waals surface area contributed by atoms with Gasteiger partial charge in [-0.2, -0.15) is 0 Å². The van der Waals surface area contributed by atoms with Gasteiger partial charge >= 0.3 is 5.97 Å². The molecule has 0 aliphatic heterocycles. The summed E-state index contributed by atoms with van der Waals surface area (Å²) in [5.41, 5.74) is 0.0262. The molecule has 1 aromatic rings. The van der Waals surface area contributed by atoms with Crippen molar-refractivity contribution in [1.29, 1.82) is 0 Å². The first kappa shape index (κ1) is 17.9. The monoisotopic (exact) mass is 314 g/mol. The Morgan fingerprint density at radius 3 is 2.67 bits per heavy atom. The van der Waals surface area contributed by atoms with Gasteiger partial charge in [0.15, 0.2) is 5.13 Å². The number of esters is 1. The summed E-state index contributed by atoms with van der Waals surface area (Å²) in [6, 6.07) is 0.240. The van der Waals surface area contributed by atoms with Crippen molar-refractivity contribution in [2.45, 2.75) is 46.1 Å². The smallest absolute Gasteiger partial charge is 0.317 e. The van der Waals surface area contributed by atoms with Crippen molar-refractivity contribution in [1.82, 2.24) is 4.98 Å². The molecule has 120 valence electrons. The molecule has 0 aliphatic rings. The lowest BCUT2D eigenvalue weighted by Gasteiger charge is -2.27. The summed E-state index contributed by atoms with van der Waals surface area (Å²) in [6.45, 7) is 11.6. The van der Waals surface area contributed by atoms with E-state index in [0.29, 0.717) is 13.2 Å². The van der Waals surface area contributed by atoms with Crippen LogP contribution >= 0.6 is 11.3 Å². The highest BCUT2D eigenvalue weighted by atomic mass is 32.1. The van der Waals surface area contributed by atoms with Crippen molar-refractivity contribution in [3.63, 3.8) is 0 Å². The van der Waals surface area contributed by atoms with E-state index in [2.05, 4.69) is 23.7 Å². The normalized spacial score (nSPS) is 13.0. The van der Waals surface area contributed by atoms with E-state index < -0.39 is 5.41 Å². The summed E-state index contributed by atoms with van der Waals surface area (Å²) in [5.74, 6) is -0.241. The molecule has 1 aromatic heterocycles. The minimum Gasteiger partial charge on any atom is -0.465 e. The van der Waals surface area contributed by atoms with E-state index in [1.54, 1.807) is 18.4 Å². The van der Waals surface area contributed by atoms with Gasteiger partial charge in [-0.25, -0.2) is 4.98 Å². The summed E-state index contributed by atoms with van der Waals surface area (Å²) in [5, 5.41) is 2.85. The fraction of sp³-hybridized carbons (Fsp3) is 0.733. The molecule has 1 unspecified atom stereocenters. The fourth-order valence-corrected chi connectivity index (χ4v) is 3.23. The predicted molar refractivity (Wildman–Crippen MR) is 86.1 cm³/mol. The van der Waals surface area contributed by atoms with Crippen molar-refractivity contribution in [2.24, 2.45) is 0 Å². The van der Waals surface area contributed by atoms with Crippen LogP contribution in [0.25, 0.3) is 0 Å². The second-order valence-corrected chi connectivity index (χ2v) is 6.29. The van der Waals surface area contributed by atoms with Gasteiger partial charge in [0.1, 0.15) is 5.41 Å². The standard InChI is InChI=1S/C15H26N2O3S/c1-7-17(11(3)9-19-6)14-16-12(10-21-14)15(4,5)13(18)20-8-2/h10-11H,7-9H2,1-6H3. The molecule has 0 saturated carbocycles. The Hall–Kier alpha value is -1.14. The van der Waals surface area contributed by atoms with Crippen molar-refractivity contribution in [3.8, 4) is 0 Å². The molecule has 5 nitrogen and oxygen atoms in total. The maximum atomic E-state index is 12.1. The highest BCUT2D eigenvalue weighted by Gasteiger charge is 2.34. The first-order chi connectivity index (χ1) is 9.88. The summed E-state index contributed by atoms with van der Waals surface area (Å²) in [4.78, 5) is 18.9. The molecule has 0 aliphatic carbocycles. The maximum absolute atomic E-state index is 12.1. The maximum Gasteiger partial charge on any atom is 0.317 e. The number of hydrogen-bond acceptors (Lipinski definition) is 6. The molecule has 6 heteroatoms. The Kier molecular flexibility index (Phi) is 6.61. The summed E-state index contributed by atoms with van der Waals surface area (Å²) < 4.78 is 10.3. The number of methoxy groups -OCH3 is 1. The molecule has 1 atom stereocenters. The molecule has 0 saturated heterocycles. The van der Waals surface area contributed by atoms with Gasteiger partial charge in [-0.15, -0.1) is 11.3 Å². The van der Waals surface area contributed by atoms with Gasteiger partial charge in [0.2, 0.25) is 0 Å². The first-order valence-corrected chi connectivity index (χ1v) is 8.15. The predicted octanol–water partition coefficient (Wildman–Crippen LogP) is 2.85. The third-order valence-electron chi connectivity index (χ3n) is 3.44. The van der Waals surface area contributed by atoms with E-state index in [9.17, 15) is 4.79 Å². The quantitative estimate of drug-likeness (QED) is 0.691. The molecular weight excluding hydrogens is 288 g/mol. The van der Waals surface area contributed by atoms with Crippen LogP contribution in [0.1, 0.15) is 40.3 Å². The Morgan fingerprint density at radius 2 is 2.14 bits per heavy atom. The topological polar surface area (TPSA) is 51.7 Å². The average molecular weight is 314 g/mol. The number of aromatic nitrogens is 1. The zero-order chi connectivity index (χ0) is 16.0. The number of thiazole rings is 1. The van der Waals surface area contributed by atoms with Gasteiger partial charge in [0.25, 0.3) is 0 Å². The van der Waals surface area contributed by atoms with E-state index in [0.717, 1.165) is 17.4 Å². The third-order valence-corrected chi connectivity index (χ3v) is 4.32. The molecule has 0 radical (unpaired) electrons. The van der Waals surface area contributed by atoms with Crippen molar-refractivity contribution in [3.05, 3.63) is 11.1 Å². The lowest BCUT2D eigenvalue weighted by Crippen LogP contribution is -2.36. The van der Waals surface area contributed by atoms with Crippen LogP contribution in [-0.2, 0) is 19.7 Å². The average Bonchev–Trinajstić information content (AvgIpc) is 2.90. The Balaban J connectivity index is 2.96. The number of hydrogen-bond donors (Lipinski definition) is 0. The van der Waals surface area contributed by atoms with Gasteiger partial charge in [-0.3, -0.25) is 4.79 Å². The SMILES string of the molecule is CCOC(=O)C(C)(C)c1csc(N(CC)C(C)COC)n1. The van der Waals surface area contributed by atoms with Crippen LogP contribution in [0.15, 0.2) is 5.38 Å². The second-order valence-electron chi connectivity index (χ2n) is 5.45. The van der Waals surface area contributed by atoms with Crippen LogP contribution in [0, 0.1) is 0 Å². The Labute approximate surface area is 131 Å². The largest absolute Gasteiger partial charge is 0.465 e. The van der Waals surface area contributed by atoms with E-state index in [1.165, 1.54) is 0 Å². The number of likely N-dealkylation sites (N-methyl/N-ethyl adjacent to an activating group) is 1. The van der Waals surface area contributed by atoms with E-state index in [4.69, 9.17) is 9.47 Å². The van der Waals surface area contributed by atoms with Crippen LogP contribution in [0.4, 0.5) is 5.13 Å². The number of carbonyl (C=O) groups excluding carboxylic acids is 1. The summed E-state index contributed by atoms with van der Waals surface area (Å²) in [7, 11) is 1.70. The zero-order valence-electron chi connectivity index (χ0n) is 13.8. The van der Waals surface area contributed by atoms with Gasteiger partial charge < -0.3 is 14.4 Å². The number of anilines is 1. The van der Waals surface area contributed by atoms with Gasteiger partial charge in [0.05, 0.1) is 24.9 Å². The fourth-order valence-electron chi connectivity index (χ4n) is 2.07. The van der Waals surface area contributed by atoms with Gasteiger partial charge in [0, 0.05) is 19.0 Å². The van der Waals surface area contributed by atoms with E-state index >= 15 is 0 Å². The molecule has 0 aromatic carbocycles. The summed E-state index contributed by atoms with van der Waals surface area (Å²) in [6.07, 6.45) is 0. The molecule has 1 rings (SSSR count). The zero-order valence-corrected chi connectivity index (χ0v) is 14.6. The molecule has 0 fully saturated rings. The van der Waals surface area contributed by atoms with Gasteiger partial charge in [-0.1, -0.05) is 0 Å². The molecule has 21 heavy (non-hydrogen) atoms. The van der Waals surface area contributed by atoms with Crippen molar-refractivity contribution < 1.29 is 14.3 Å². The van der Waals surface area contributed by atoms with E-state index in [-0.39, 0.29) is 12.0 Å². The van der Waals surface area contributed by atoms with Crippen LogP contribution in [0.5, 0.6) is 0 Å². The third kappa shape index (κ3) is 4.17. The Bertz CT molecular complexity index is 460. The first-order valence-electron chi connectivity index (χ1n) is 7.27. The lowest BCUT2D eigenvalue weighted by molar-refractivity contribution is -0.148. The number of rotatable bonds is 8.